The first-order valence-electron chi connectivity index (χ1n) is 14.2. The van der Waals surface area contributed by atoms with Crippen molar-refractivity contribution in [2.24, 2.45) is 0 Å². The van der Waals surface area contributed by atoms with E-state index in [1.54, 1.807) is 65.4 Å². The average molecular weight is 667 g/mol. The second-order valence-corrected chi connectivity index (χ2v) is 11.5. The molecule has 0 radical (unpaired) electrons. The first-order valence-corrected chi connectivity index (χ1v) is 15.4. The van der Waals surface area contributed by atoms with Crippen LogP contribution >= 0.6 is 23.4 Å². The Morgan fingerprint density at radius 2 is 1.35 bits per heavy atom. The van der Waals surface area contributed by atoms with E-state index in [4.69, 9.17) is 21.1 Å². The van der Waals surface area contributed by atoms with Gasteiger partial charge in [-0.1, -0.05) is 35.5 Å². The summed E-state index contributed by atoms with van der Waals surface area (Å²) in [5.74, 6) is -0.735. The van der Waals surface area contributed by atoms with Gasteiger partial charge < -0.3 is 18.6 Å². The van der Waals surface area contributed by atoms with Crippen LogP contribution in [0.25, 0.3) is 21.8 Å². The van der Waals surface area contributed by atoms with Crippen LogP contribution in [0.2, 0.25) is 5.02 Å². The van der Waals surface area contributed by atoms with E-state index in [0.29, 0.717) is 33.4 Å². The van der Waals surface area contributed by atoms with Crippen molar-refractivity contribution >= 4 is 68.5 Å². The molecule has 0 bridgehead atoms. The monoisotopic (exact) mass is 666 g/mol. The van der Waals surface area contributed by atoms with Crippen LogP contribution in [0.5, 0.6) is 0 Å². The van der Waals surface area contributed by atoms with E-state index < -0.39 is 9.85 Å². The number of carbonyl (C=O) groups is 2. The maximum atomic E-state index is 12.0. The summed E-state index contributed by atoms with van der Waals surface area (Å²) in [5, 5.41) is 24.2. The number of benzene rings is 3. The molecule has 240 valence electrons. The van der Waals surface area contributed by atoms with Gasteiger partial charge in [0, 0.05) is 38.3 Å². The van der Waals surface area contributed by atoms with Gasteiger partial charge in [0.15, 0.2) is 0 Å². The van der Waals surface area contributed by atoms with Gasteiger partial charge in [0.2, 0.25) is 0 Å². The Hall–Kier alpha value is -4.88. The van der Waals surface area contributed by atoms with Gasteiger partial charge in [0.25, 0.3) is 11.4 Å². The van der Waals surface area contributed by atoms with E-state index in [1.807, 2.05) is 26.0 Å². The highest BCUT2D eigenvalue weighted by atomic mass is 35.5. The minimum atomic E-state index is -0.420. The number of non-ortho nitro benzene ring substituents is 2. The number of nitro benzene ring substituents is 2. The third kappa shape index (κ3) is 7.49. The van der Waals surface area contributed by atoms with Crippen LogP contribution in [-0.2, 0) is 32.2 Å². The van der Waals surface area contributed by atoms with Crippen molar-refractivity contribution in [1.29, 1.82) is 0 Å². The fourth-order valence-corrected chi connectivity index (χ4v) is 6.22. The van der Waals surface area contributed by atoms with Gasteiger partial charge >= 0.3 is 11.9 Å². The average Bonchev–Trinajstić information content (AvgIpc) is 3.47. The molecule has 14 heteroatoms. The smallest absolute Gasteiger partial charge is 0.325 e. The molecule has 5 rings (SSSR count). The summed E-state index contributed by atoms with van der Waals surface area (Å²) in [4.78, 5) is 47.0. The van der Waals surface area contributed by atoms with Crippen LogP contribution in [0.3, 0.4) is 0 Å². The summed E-state index contributed by atoms with van der Waals surface area (Å²) in [7, 11) is 0. The number of hydrogen-bond acceptors (Lipinski definition) is 9. The fourth-order valence-electron chi connectivity index (χ4n) is 5.01. The maximum Gasteiger partial charge on any atom is 0.325 e. The number of esters is 2. The highest BCUT2D eigenvalue weighted by Crippen LogP contribution is 2.42. The number of hydrogen-bond donors (Lipinski definition) is 0. The lowest BCUT2D eigenvalue weighted by molar-refractivity contribution is -0.383. The number of nitrogens with zero attached hydrogens (tertiary/aromatic N) is 4. The number of carbonyl (C=O) groups excluding carboxylic acids is 2. The lowest BCUT2D eigenvalue weighted by Crippen LogP contribution is -2.14. The molecule has 0 saturated heterocycles. The molecule has 0 atom stereocenters. The third-order valence-corrected chi connectivity index (χ3v) is 8.48. The van der Waals surface area contributed by atoms with Crippen molar-refractivity contribution in [3.05, 3.63) is 103 Å². The molecule has 0 N–H and O–H groups in total. The lowest BCUT2D eigenvalue weighted by atomic mass is 10.2. The minimum Gasteiger partial charge on any atom is -0.465 e. The molecule has 0 spiro atoms. The second kappa shape index (κ2) is 14.9. The van der Waals surface area contributed by atoms with Gasteiger partial charge in [0.05, 0.1) is 44.9 Å². The van der Waals surface area contributed by atoms with Gasteiger partial charge in [-0.05, 0) is 70.2 Å². The molecule has 0 saturated carbocycles. The standard InChI is InChI=1S/C19H17ClN2O4S.C13H14N2O4/c1-3-26-17(23)11-21-12(2)19(27-14-9-7-13(20)8-10-14)18-15(21)5-4-6-16(18)22(24)25;1-3-19-13(16)8-14-9(2)7-10-11(14)5-4-6-12(10)15(17)18/h4-10H,3,11H2,1-2H3;4-7H,3,8H2,1-2H3. The molecule has 2 heterocycles. The summed E-state index contributed by atoms with van der Waals surface area (Å²) in [6, 6.07) is 18.7. The summed E-state index contributed by atoms with van der Waals surface area (Å²) in [5.41, 5.74) is 2.91. The van der Waals surface area contributed by atoms with E-state index in [2.05, 4.69) is 0 Å². The molecule has 0 aliphatic carbocycles. The Labute approximate surface area is 273 Å². The first-order chi connectivity index (χ1) is 22.0. The van der Waals surface area contributed by atoms with E-state index >= 15 is 0 Å². The first kappa shape index (κ1) is 34.0. The molecule has 0 aliphatic heterocycles. The number of aromatic nitrogens is 2. The van der Waals surface area contributed by atoms with Crippen LogP contribution < -0.4 is 0 Å². The Morgan fingerprint density at radius 1 is 0.804 bits per heavy atom. The van der Waals surface area contributed by atoms with Crippen LogP contribution in [0.15, 0.2) is 76.5 Å². The molecular formula is C32H31ClN4O8S. The third-order valence-electron chi connectivity index (χ3n) is 7.01. The van der Waals surface area contributed by atoms with Gasteiger partial charge in [-0.2, -0.15) is 0 Å². The van der Waals surface area contributed by atoms with E-state index in [0.717, 1.165) is 21.2 Å². The second-order valence-electron chi connectivity index (χ2n) is 9.93. The zero-order valence-corrected chi connectivity index (χ0v) is 27.1. The molecule has 5 aromatic rings. The van der Waals surface area contributed by atoms with Gasteiger partial charge in [-0.25, -0.2) is 0 Å². The highest BCUT2D eigenvalue weighted by molar-refractivity contribution is 7.99. The van der Waals surface area contributed by atoms with Gasteiger partial charge in [-0.3, -0.25) is 29.8 Å². The number of fused-ring (bicyclic) bond motifs is 2. The zero-order chi connectivity index (χ0) is 33.5. The van der Waals surface area contributed by atoms with E-state index in [1.165, 1.54) is 23.9 Å². The molecule has 0 unspecified atom stereocenters. The lowest BCUT2D eigenvalue weighted by Gasteiger charge is -2.08. The number of aryl methyl sites for hydroxylation is 1. The summed E-state index contributed by atoms with van der Waals surface area (Å²) in [6.07, 6.45) is 0. The Bertz CT molecular complexity index is 1930. The van der Waals surface area contributed by atoms with Crippen molar-refractivity contribution in [3.8, 4) is 0 Å². The molecule has 3 aromatic carbocycles. The number of rotatable bonds is 10. The predicted molar refractivity (Wildman–Crippen MR) is 175 cm³/mol. The predicted octanol–water partition coefficient (Wildman–Crippen LogP) is 7.65. The summed E-state index contributed by atoms with van der Waals surface area (Å²) in [6.45, 7) is 7.79. The number of halogens is 1. The number of ether oxygens (including phenoxy) is 2. The quantitative estimate of drug-likeness (QED) is 0.0832. The molecule has 0 amide bonds. The topological polar surface area (TPSA) is 149 Å². The Balaban J connectivity index is 0.000000222. The molecular weight excluding hydrogens is 636 g/mol. The minimum absolute atomic E-state index is 0.00147. The highest BCUT2D eigenvalue weighted by Gasteiger charge is 2.24. The molecule has 12 nitrogen and oxygen atoms in total. The number of nitro groups is 2. The summed E-state index contributed by atoms with van der Waals surface area (Å²) >= 11 is 7.35. The fraction of sp³-hybridized carbons (Fsp3) is 0.250. The van der Waals surface area contributed by atoms with E-state index in [-0.39, 0.29) is 43.0 Å². The Morgan fingerprint density at radius 3 is 1.91 bits per heavy atom. The summed E-state index contributed by atoms with van der Waals surface area (Å²) < 4.78 is 13.4. The van der Waals surface area contributed by atoms with Crippen LogP contribution in [0.1, 0.15) is 25.2 Å². The van der Waals surface area contributed by atoms with Crippen LogP contribution in [0, 0.1) is 34.1 Å². The molecule has 0 aliphatic rings. The molecule has 0 fully saturated rings. The van der Waals surface area contributed by atoms with Crippen LogP contribution in [0.4, 0.5) is 11.4 Å². The zero-order valence-electron chi connectivity index (χ0n) is 25.5. The van der Waals surface area contributed by atoms with E-state index in [9.17, 15) is 29.8 Å². The van der Waals surface area contributed by atoms with Gasteiger partial charge in [0.1, 0.15) is 13.1 Å². The molecule has 2 aromatic heterocycles. The van der Waals surface area contributed by atoms with Crippen molar-refractivity contribution in [2.45, 2.75) is 50.6 Å². The normalized spacial score (nSPS) is 10.8. The van der Waals surface area contributed by atoms with Gasteiger partial charge in [-0.15, -0.1) is 0 Å². The SMILES string of the molecule is CCOC(=O)Cn1c(C)c(Sc2ccc(Cl)cc2)c2c([N+](=O)[O-])cccc21.CCOC(=O)Cn1c(C)cc2c([N+](=O)[O-])cccc21. The van der Waals surface area contributed by atoms with Crippen molar-refractivity contribution in [1.82, 2.24) is 9.13 Å². The van der Waals surface area contributed by atoms with Crippen molar-refractivity contribution in [2.75, 3.05) is 13.2 Å². The maximum absolute atomic E-state index is 12.0. The van der Waals surface area contributed by atoms with Crippen LogP contribution in [-0.4, -0.2) is 44.1 Å². The van der Waals surface area contributed by atoms with Crippen molar-refractivity contribution in [3.63, 3.8) is 0 Å². The largest absolute Gasteiger partial charge is 0.465 e. The molecule has 46 heavy (non-hydrogen) atoms. The Kier molecular flexibility index (Phi) is 11.0. The van der Waals surface area contributed by atoms with Crippen molar-refractivity contribution < 1.29 is 28.9 Å².